The van der Waals surface area contributed by atoms with E-state index < -0.39 is 0 Å². The summed E-state index contributed by atoms with van der Waals surface area (Å²) in [6, 6.07) is 0. The van der Waals surface area contributed by atoms with Crippen molar-refractivity contribution >= 4 is 5.91 Å². The molecule has 0 aliphatic rings. The van der Waals surface area contributed by atoms with Crippen LogP contribution in [0.25, 0.3) is 0 Å². The Balaban J connectivity index is 2.10. The summed E-state index contributed by atoms with van der Waals surface area (Å²) in [5.74, 6) is -0.196. The molecule has 1 atom stereocenters. The summed E-state index contributed by atoms with van der Waals surface area (Å²) in [6.07, 6.45) is 49.1. The van der Waals surface area contributed by atoms with Gasteiger partial charge in [0.25, 0.3) is 5.91 Å². The molecule has 0 aromatic carbocycles. The Morgan fingerprint density at radius 1 is 0.508 bits per heavy atom. The number of allylic oxidation sites excluding steroid dienone is 4. The van der Waals surface area contributed by atoms with Crippen molar-refractivity contribution in [2.24, 2.45) is 0 Å². The molecule has 10 nitrogen and oxygen atoms in total. The van der Waals surface area contributed by atoms with Crippen LogP contribution in [-0.2, 0) is 28.4 Å². The highest BCUT2D eigenvalue weighted by atomic mass is 16.6. The Morgan fingerprint density at radius 2 is 0.902 bits per heavy atom. The second-order valence-corrected chi connectivity index (χ2v) is 16.6. The number of rotatable bonds is 50. The standard InChI is InChI=1S/C51H95N3O7/c1-3-5-7-9-11-13-15-17-19-21-23-25-27-29-31-33-36-59-46-49(61-37-34-32-30-28-26-24-22-20-18-16-14-12-10-8-6-4-2)47-60-44-43-58-42-41-57-40-39-56-38-35-53-51(55)50-45-52-48-54-50/h17-20,45,48-49H,3-16,21-44,46-47H2,1-2H3,(H,52,54)(H,53,55). The monoisotopic (exact) mass is 862 g/mol. The van der Waals surface area contributed by atoms with Gasteiger partial charge in [-0.3, -0.25) is 4.79 Å². The van der Waals surface area contributed by atoms with Crippen LogP contribution in [0.15, 0.2) is 36.8 Å². The maximum absolute atomic E-state index is 11.8. The van der Waals surface area contributed by atoms with Crippen molar-refractivity contribution in [1.82, 2.24) is 15.3 Å². The van der Waals surface area contributed by atoms with Gasteiger partial charge in [0, 0.05) is 19.8 Å². The molecule has 0 bridgehead atoms. The van der Waals surface area contributed by atoms with E-state index in [0.29, 0.717) is 71.7 Å². The van der Waals surface area contributed by atoms with E-state index in [-0.39, 0.29) is 12.0 Å². The molecule has 0 saturated heterocycles. The molecular weight excluding hydrogens is 767 g/mol. The van der Waals surface area contributed by atoms with Crippen LogP contribution < -0.4 is 5.32 Å². The van der Waals surface area contributed by atoms with E-state index in [1.54, 1.807) is 0 Å². The smallest absolute Gasteiger partial charge is 0.269 e. The summed E-state index contributed by atoms with van der Waals surface area (Å²) in [4.78, 5) is 18.5. The predicted molar refractivity (Wildman–Crippen MR) is 254 cm³/mol. The molecule has 0 aliphatic heterocycles. The second-order valence-electron chi connectivity index (χ2n) is 16.6. The molecule has 61 heavy (non-hydrogen) atoms. The van der Waals surface area contributed by atoms with Gasteiger partial charge in [0.1, 0.15) is 11.8 Å². The average molecular weight is 862 g/mol. The number of amides is 1. The van der Waals surface area contributed by atoms with Crippen LogP contribution in [0, 0.1) is 0 Å². The number of hydrogen-bond donors (Lipinski definition) is 2. The minimum Gasteiger partial charge on any atom is -0.379 e. The van der Waals surface area contributed by atoms with E-state index in [0.717, 1.165) is 26.1 Å². The van der Waals surface area contributed by atoms with Crippen LogP contribution in [0.5, 0.6) is 0 Å². The van der Waals surface area contributed by atoms with E-state index in [1.165, 1.54) is 179 Å². The number of aromatic amines is 1. The number of hydrogen-bond acceptors (Lipinski definition) is 8. The van der Waals surface area contributed by atoms with Gasteiger partial charge in [0.15, 0.2) is 0 Å². The topological polar surface area (TPSA) is 113 Å². The Bertz CT molecular complexity index is 1050. The molecule has 2 N–H and O–H groups in total. The zero-order valence-electron chi connectivity index (χ0n) is 39.6. The zero-order chi connectivity index (χ0) is 43.6. The first-order valence-electron chi connectivity index (χ1n) is 25.3. The van der Waals surface area contributed by atoms with Crippen molar-refractivity contribution in [3.63, 3.8) is 0 Å². The summed E-state index contributed by atoms with van der Waals surface area (Å²) in [6.45, 7) is 11.0. The Kier molecular flexibility index (Phi) is 45.7. The molecule has 1 aromatic heterocycles. The van der Waals surface area contributed by atoms with Gasteiger partial charge in [0.2, 0.25) is 0 Å². The summed E-state index contributed by atoms with van der Waals surface area (Å²) >= 11 is 0. The molecule has 0 aliphatic carbocycles. The molecule has 356 valence electrons. The van der Waals surface area contributed by atoms with Gasteiger partial charge in [-0.15, -0.1) is 0 Å². The number of nitrogens with zero attached hydrogens (tertiary/aromatic N) is 1. The van der Waals surface area contributed by atoms with Crippen LogP contribution in [0.1, 0.15) is 204 Å². The van der Waals surface area contributed by atoms with Crippen molar-refractivity contribution in [2.75, 3.05) is 79.2 Å². The van der Waals surface area contributed by atoms with Crippen molar-refractivity contribution in [3.8, 4) is 0 Å². The molecule has 0 fully saturated rings. The maximum Gasteiger partial charge on any atom is 0.269 e. The van der Waals surface area contributed by atoms with E-state index in [2.05, 4.69) is 53.4 Å². The van der Waals surface area contributed by atoms with Gasteiger partial charge in [-0.2, -0.15) is 0 Å². The van der Waals surface area contributed by atoms with Crippen molar-refractivity contribution in [3.05, 3.63) is 42.5 Å². The first kappa shape index (κ1) is 56.9. The minimum atomic E-state index is -0.196. The number of carbonyl (C=O) groups is 1. The first-order chi connectivity index (χ1) is 30.3. The average Bonchev–Trinajstić information content (AvgIpc) is 3.82. The molecule has 0 saturated carbocycles. The van der Waals surface area contributed by atoms with Gasteiger partial charge in [0.05, 0.1) is 72.0 Å². The van der Waals surface area contributed by atoms with Crippen LogP contribution in [-0.4, -0.2) is 101 Å². The lowest BCUT2D eigenvalue weighted by atomic mass is 10.1. The molecule has 1 aromatic rings. The minimum absolute atomic E-state index is 0.0561. The molecule has 0 spiro atoms. The number of imidazole rings is 1. The Labute approximate surface area is 374 Å². The molecule has 10 heteroatoms. The Morgan fingerprint density at radius 3 is 1.36 bits per heavy atom. The van der Waals surface area contributed by atoms with E-state index in [1.807, 2.05) is 0 Å². The molecule has 1 rings (SSSR count). The predicted octanol–water partition coefficient (Wildman–Crippen LogP) is 12.7. The Hall–Kier alpha value is -2.08. The third-order valence-corrected chi connectivity index (χ3v) is 10.8. The number of nitrogens with one attached hydrogen (secondary N) is 2. The van der Waals surface area contributed by atoms with Crippen LogP contribution in [0.2, 0.25) is 0 Å². The summed E-state index contributed by atoms with van der Waals surface area (Å²) in [5, 5.41) is 2.77. The molecule has 1 unspecified atom stereocenters. The van der Waals surface area contributed by atoms with Crippen LogP contribution >= 0.6 is 0 Å². The highest BCUT2D eigenvalue weighted by Gasteiger charge is 2.11. The van der Waals surface area contributed by atoms with Crippen molar-refractivity contribution in [1.29, 1.82) is 0 Å². The molecule has 1 amide bonds. The highest BCUT2D eigenvalue weighted by Crippen LogP contribution is 2.12. The fourth-order valence-electron chi connectivity index (χ4n) is 7.00. The van der Waals surface area contributed by atoms with Gasteiger partial charge in [-0.25, -0.2) is 4.98 Å². The molecule has 1 heterocycles. The van der Waals surface area contributed by atoms with Gasteiger partial charge < -0.3 is 38.7 Å². The lowest BCUT2D eigenvalue weighted by Gasteiger charge is -2.18. The van der Waals surface area contributed by atoms with Gasteiger partial charge in [-0.05, 0) is 64.2 Å². The largest absolute Gasteiger partial charge is 0.379 e. The van der Waals surface area contributed by atoms with E-state index >= 15 is 0 Å². The lowest BCUT2D eigenvalue weighted by Crippen LogP contribution is -2.28. The van der Waals surface area contributed by atoms with Crippen molar-refractivity contribution < 1.29 is 33.2 Å². The number of H-pyrrole nitrogens is 1. The number of unbranched alkanes of at least 4 members (excludes halogenated alkanes) is 24. The van der Waals surface area contributed by atoms with Crippen LogP contribution in [0.4, 0.5) is 0 Å². The molecular formula is C51H95N3O7. The first-order valence-corrected chi connectivity index (χ1v) is 25.3. The van der Waals surface area contributed by atoms with E-state index in [9.17, 15) is 4.79 Å². The van der Waals surface area contributed by atoms with Gasteiger partial charge in [-0.1, -0.05) is 154 Å². The number of aromatic nitrogens is 2. The molecule has 0 radical (unpaired) electrons. The zero-order valence-corrected chi connectivity index (χ0v) is 39.6. The second kappa shape index (κ2) is 48.9. The summed E-state index contributed by atoms with van der Waals surface area (Å²) in [7, 11) is 0. The van der Waals surface area contributed by atoms with Crippen molar-refractivity contribution in [2.45, 2.75) is 200 Å². The third-order valence-electron chi connectivity index (χ3n) is 10.8. The summed E-state index contributed by atoms with van der Waals surface area (Å²) in [5.41, 5.74) is 0.435. The highest BCUT2D eigenvalue weighted by molar-refractivity contribution is 5.91. The SMILES string of the molecule is CCCCCCCCC=CCCCCCCCCOCC(COCCOCCOCCOCCNC(=O)c1cnc[nH]1)OCCCCCCCCC=CCCCCCCCC. The maximum atomic E-state index is 11.8. The fraction of sp³-hybridized carbons (Fsp3) is 0.843. The summed E-state index contributed by atoms with van der Waals surface area (Å²) < 4.78 is 35.1. The fourth-order valence-corrected chi connectivity index (χ4v) is 7.00. The quantitative estimate of drug-likeness (QED) is 0.0492. The lowest BCUT2D eigenvalue weighted by molar-refractivity contribution is -0.0700. The normalized spacial score (nSPS) is 12.4. The third kappa shape index (κ3) is 43.0. The number of ether oxygens (including phenoxy) is 6. The van der Waals surface area contributed by atoms with Gasteiger partial charge >= 0.3 is 0 Å². The van der Waals surface area contributed by atoms with E-state index in [4.69, 9.17) is 28.4 Å². The number of carbonyl (C=O) groups excluding carboxylic acids is 1. The van der Waals surface area contributed by atoms with Crippen LogP contribution in [0.3, 0.4) is 0 Å².